The summed E-state index contributed by atoms with van der Waals surface area (Å²) < 4.78 is 17.2. The quantitative estimate of drug-likeness (QED) is 0.854. The molecule has 1 N–H and O–H groups in total. The van der Waals surface area contributed by atoms with E-state index in [0.29, 0.717) is 6.61 Å². The fourth-order valence-electron chi connectivity index (χ4n) is 2.35. The molecule has 1 unspecified atom stereocenters. The molecular formula is C13H17NO3. The van der Waals surface area contributed by atoms with Crippen molar-refractivity contribution in [3.63, 3.8) is 0 Å². The van der Waals surface area contributed by atoms with Crippen LogP contribution in [0.5, 0.6) is 11.5 Å². The van der Waals surface area contributed by atoms with Gasteiger partial charge in [-0.15, -0.1) is 0 Å². The average Bonchev–Trinajstić information content (AvgIpc) is 2.34. The number of rotatable bonds is 3. The van der Waals surface area contributed by atoms with Crippen molar-refractivity contribution in [2.45, 2.75) is 18.1 Å². The topological polar surface area (TPSA) is 39.7 Å². The molecule has 4 heteroatoms. The van der Waals surface area contributed by atoms with E-state index < -0.39 is 0 Å². The van der Waals surface area contributed by atoms with Gasteiger partial charge in [0, 0.05) is 26.6 Å². The summed E-state index contributed by atoms with van der Waals surface area (Å²) in [5, 5.41) is 3.24. The summed E-state index contributed by atoms with van der Waals surface area (Å²) in [6.45, 7) is 2.39. The lowest BCUT2D eigenvalue weighted by molar-refractivity contribution is -0.0853. The molecule has 2 aliphatic heterocycles. The highest BCUT2D eigenvalue weighted by molar-refractivity contribution is 5.40. The van der Waals surface area contributed by atoms with Crippen LogP contribution in [0.3, 0.4) is 0 Å². The Bertz CT molecular complexity index is 398. The van der Waals surface area contributed by atoms with Gasteiger partial charge < -0.3 is 19.5 Å². The Morgan fingerprint density at radius 3 is 2.76 bits per heavy atom. The average molecular weight is 235 g/mol. The van der Waals surface area contributed by atoms with Gasteiger partial charge in [-0.3, -0.25) is 0 Å². The molecule has 1 aromatic rings. The molecule has 0 spiro atoms. The summed E-state index contributed by atoms with van der Waals surface area (Å²) in [6, 6.07) is 7.79. The Hall–Kier alpha value is -1.26. The van der Waals surface area contributed by atoms with E-state index in [0.717, 1.165) is 31.0 Å². The molecule has 17 heavy (non-hydrogen) atoms. The lowest BCUT2D eigenvalue weighted by Crippen LogP contribution is -2.62. The molecule has 1 saturated heterocycles. The van der Waals surface area contributed by atoms with Gasteiger partial charge in [0.15, 0.2) is 11.5 Å². The van der Waals surface area contributed by atoms with E-state index in [4.69, 9.17) is 14.2 Å². The zero-order chi connectivity index (χ0) is 11.7. The van der Waals surface area contributed by atoms with Gasteiger partial charge in [0.05, 0.1) is 5.60 Å². The second-order valence-corrected chi connectivity index (χ2v) is 4.69. The van der Waals surface area contributed by atoms with Crippen molar-refractivity contribution in [1.82, 2.24) is 5.32 Å². The van der Waals surface area contributed by atoms with Crippen LogP contribution in [0.4, 0.5) is 0 Å². The molecule has 92 valence electrons. The van der Waals surface area contributed by atoms with Gasteiger partial charge in [0.25, 0.3) is 0 Å². The Kier molecular flexibility index (Phi) is 2.68. The molecule has 3 rings (SSSR count). The van der Waals surface area contributed by atoms with Gasteiger partial charge in [-0.2, -0.15) is 0 Å². The first-order chi connectivity index (χ1) is 8.31. The minimum absolute atomic E-state index is 0.0691. The molecule has 0 saturated carbocycles. The number of ether oxygens (including phenoxy) is 3. The van der Waals surface area contributed by atoms with Crippen LogP contribution in [0.1, 0.15) is 6.42 Å². The molecule has 1 aromatic carbocycles. The maximum atomic E-state index is 5.93. The lowest BCUT2D eigenvalue weighted by Gasteiger charge is -2.43. The summed E-state index contributed by atoms with van der Waals surface area (Å²) in [7, 11) is 1.76. The minimum atomic E-state index is -0.0691. The smallest absolute Gasteiger partial charge is 0.161 e. The Morgan fingerprint density at radius 2 is 2.12 bits per heavy atom. The number of methoxy groups -OCH3 is 1. The first kappa shape index (κ1) is 10.9. The van der Waals surface area contributed by atoms with Crippen LogP contribution < -0.4 is 14.8 Å². The fourth-order valence-corrected chi connectivity index (χ4v) is 2.35. The maximum absolute atomic E-state index is 5.93. The Labute approximate surface area is 101 Å². The highest BCUT2D eigenvalue weighted by atomic mass is 16.6. The van der Waals surface area contributed by atoms with Crippen molar-refractivity contribution in [2.75, 3.05) is 26.8 Å². The van der Waals surface area contributed by atoms with Crippen molar-refractivity contribution in [2.24, 2.45) is 0 Å². The van der Waals surface area contributed by atoms with E-state index in [9.17, 15) is 0 Å². The summed E-state index contributed by atoms with van der Waals surface area (Å²) >= 11 is 0. The second-order valence-electron chi connectivity index (χ2n) is 4.69. The summed E-state index contributed by atoms with van der Waals surface area (Å²) in [4.78, 5) is 0. The predicted octanol–water partition coefficient (Wildman–Crippen LogP) is 1.20. The Balaban J connectivity index is 1.68. The van der Waals surface area contributed by atoms with Crippen molar-refractivity contribution >= 4 is 0 Å². The zero-order valence-corrected chi connectivity index (χ0v) is 9.94. The van der Waals surface area contributed by atoms with Crippen LogP contribution in [0.25, 0.3) is 0 Å². The van der Waals surface area contributed by atoms with Gasteiger partial charge in [-0.1, -0.05) is 12.1 Å². The van der Waals surface area contributed by atoms with Crippen LogP contribution in [0, 0.1) is 0 Å². The van der Waals surface area contributed by atoms with Crippen LogP contribution in [-0.4, -0.2) is 38.5 Å². The number of hydrogen-bond donors (Lipinski definition) is 1. The maximum Gasteiger partial charge on any atom is 0.161 e. The third-order valence-corrected chi connectivity index (χ3v) is 3.49. The van der Waals surface area contributed by atoms with Crippen LogP contribution in [-0.2, 0) is 4.74 Å². The molecule has 0 amide bonds. The van der Waals surface area contributed by atoms with E-state index in [1.54, 1.807) is 7.11 Å². The van der Waals surface area contributed by atoms with Crippen molar-refractivity contribution in [1.29, 1.82) is 0 Å². The molecule has 0 bridgehead atoms. The molecule has 2 aliphatic rings. The van der Waals surface area contributed by atoms with E-state index in [1.165, 1.54) is 0 Å². The first-order valence-corrected chi connectivity index (χ1v) is 5.96. The summed E-state index contributed by atoms with van der Waals surface area (Å²) in [6.07, 6.45) is 0.942. The SMILES string of the molecule is COC1(CC2COc3ccccc3O2)CNC1. The molecule has 1 atom stereocenters. The number of nitrogens with one attached hydrogen (secondary N) is 1. The largest absolute Gasteiger partial charge is 0.486 e. The highest BCUT2D eigenvalue weighted by Crippen LogP contribution is 2.34. The highest BCUT2D eigenvalue weighted by Gasteiger charge is 2.40. The third-order valence-electron chi connectivity index (χ3n) is 3.49. The van der Waals surface area contributed by atoms with Gasteiger partial charge in [0.1, 0.15) is 12.7 Å². The van der Waals surface area contributed by atoms with Crippen molar-refractivity contribution in [3.05, 3.63) is 24.3 Å². The van der Waals surface area contributed by atoms with Gasteiger partial charge in [0.2, 0.25) is 0 Å². The molecule has 0 radical (unpaired) electrons. The third kappa shape index (κ3) is 1.98. The summed E-state index contributed by atoms with van der Waals surface area (Å²) in [5.41, 5.74) is -0.0691. The monoisotopic (exact) mass is 235 g/mol. The first-order valence-electron chi connectivity index (χ1n) is 5.96. The van der Waals surface area contributed by atoms with E-state index in [-0.39, 0.29) is 11.7 Å². The fraction of sp³-hybridized carbons (Fsp3) is 0.538. The van der Waals surface area contributed by atoms with Gasteiger partial charge >= 0.3 is 0 Å². The van der Waals surface area contributed by atoms with Crippen LogP contribution in [0.2, 0.25) is 0 Å². The number of para-hydroxylation sites is 2. The number of benzene rings is 1. The zero-order valence-electron chi connectivity index (χ0n) is 9.94. The molecule has 0 aliphatic carbocycles. The van der Waals surface area contributed by atoms with Crippen LogP contribution in [0.15, 0.2) is 24.3 Å². The second kappa shape index (κ2) is 4.20. The lowest BCUT2D eigenvalue weighted by atomic mass is 9.90. The van der Waals surface area contributed by atoms with Crippen LogP contribution >= 0.6 is 0 Å². The van der Waals surface area contributed by atoms with Gasteiger partial charge in [-0.05, 0) is 12.1 Å². The molecule has 2 heterocycles. The van der Waals surface area contributed by atoms with Crippen molar-refractivity contribution < 1.29 is 14.2 Å². The van der Waals surface area contributed by atoms with E-state index >= 15 is 0 Å². The number of hydrogen-bond acceptors (Lipinski definition) is 4. The molecule has 0 aromatic heterocycles. The molecular weight excluding hydrogens is 218 g/mol. The molecule has 1 fully saturated rings. The van der Waals surface area contributed by atoms with Crippen molar-refractivity contribution in [3.8, 4) is 11.5 Å². The minimum Gasteiger partial charge on any atom is -0.486 e. The van der Waals surface area contributed by atoms with Gasteiger partial charge in [-0.25, -0.2) is 0 Å². The standard InChI is InChI=1S/C13H17NO3/c1-15-13(8-14-9-13)6-10-7-16-11-4-2-3-5-12(11)17-10/h2-5,10,14H,6-9H2,1H3. The van der Waals surface area contributed by atoms with E-state index in [2.05, 4.69) is 5.32 Å². The summed E-state index contributed by atoms with van der Waals surface area (Å²) in [5.74, 6) is 1.67. The predicted molar refractivity (Wildman–Crippen MR) is 63.6 cm³/mol. The number of fused-ring (bicyclic) bond motifs is 1. The Morgan fingerprint density at radius 1 is 1.35 bits per heavy atom. The molecule has 4 nitrogen and oxygen atoms in total. The normalized spacial score (nSPS) is 25.1. The van der Waals surface area contributed by atoms with E-state index in [1.807, 2.05) is 24.3 Å².